The Hall–Kier alpha value is -2.74. The molecule has 0 bridgehead atoms. The Labute approximate surface area is 179 Å². The highest BCUT2D eigenvalue weighted by Gasteiger charge is 2.22. The first-order valence-corrected chi connectivity index (χ1v) is 11.0. The molecule has 1 aromatic carbocycles. The quantitative estimate of drug-likeness (QED) is 0.691. The predicted molar refractivity (Wildman–Crippen MR) is 117 cm³/mol. The van der Waals surface area contributed by atoms with Crippen LogP contribution in [-0.4, -0.2) is 38.7 Å². The van der Waals surface area contributed by atoms with Crippen molar-refractivity contribution < 1.29 is 9.18 Å². The molecular formula is C22H26FN5OS. The minimum absolute atomic E-state index is 0.0499. The number of anilines is 1. The van der Waals surface area contributed by atoms with Crippen LogP contribution in [0.25, 0.3) is 11.3 Å². The van der Waals surface area contributed by atoms with Crippen molar-refractivity contribution in [1.29, 1.82) is 0 Å². The smallest absolute Gasteiger partial charge is 0.244 e. The van der Waals surface area contributed by atoms with Gasteiger partial charge >= 0.3 is 0 Å². The van der Waals surface area contributed by atoms with Gasteiger partial charge in [-0.05, 0) is 49.6 Å². The summed E-state index contributed by atoms with van der Waals surface area (Å²) in [5, 5.41) is 5.28. The summed E-state index contributed by atoms with van der Waals surface area (Å²) in [6.45, 7) is 7.07. The fraction of sp³-hybridized carbons (Fsp3) is 0.409. The average molecular weight is 428 g/mol. The molecule has 158 valence electrons. The number of aryl methyl sites for hydroxylation is 3. The number of nitrogen functional groups attached to an aromatic ring is 1. The number of carbonyl (C=O) groups excluding carboxylic acids is 1. The maximum atomic E-state index is 14.0. The molecule has 0 atom stereocenters. The second kappa shape index (κ2) is 8.18. The first kappa shape index (κ1) is 20.5. The van der Waals surface area contributed by atoms with Gasteiger partial charge in [-0.25, -0.2) is 9.37 Å². The summed E-state index contributed by atoms with van der Waals surface area (Å²) < 4.78 is 15.8. The Balaban J connectivity index is 1.52. The van der Waals surface area contributed by atoms with Crippen LogP contribution in [0.4, 0.5) is 9.52 Å². The predicted octanol–water partition coefficient (Wildman–Crippen LogP) is 3.53. The summed E-state index contributed by atoms with van der Waals surface area (Å²) in [5.74, 6) is -0.135. The van der Waals surface area contributed by atoms with E-state index in [1.54, 1.807) is 18.5 Å². The Kier molecular flexibility index (Phi) is 5.60. The molecule has 2 N–H and O–H groups in total. The third-order valence-electron chi connectivity index (χ3n) is 5.62. The number of carbonyl (C=O) groups is 1. The summed E-state index contributed by atoms with van der Waals surface area (Å²) >= 11 is 1.52. The van der Waals surface area contributed by atoms with E-state index < -0.39 is 0 Å². The molecule has 1 aliphatic rings. The number of benzene rings is 1. The Morgan fingerprint density at radius 1 is 1.20 bits per heavy atom. The SMILES string of the molecule is CCc1cc(-c2cc(C)c(F)c(C)c2)nn1CC(=O)N1CCc2nc(N)sc2CC1. The number of halogens is 1. The lowest BCUT2D eigenvalue weighted by atomic mass is 10.0. The van der Waals surface area contributed by atoms with Crippen molar-refractivity contribution in [3.8, 4) is 11.3 Å². The van der Waals surface area contributed by atoms with Crippen molar-refractivity contribution in [2.75, 3.05) is 18.8 Å². The highest BCUT2D eigenvalue weighted by atomic mass is 32.1. The van der Waals surface area contributed by atoms with Crippen LogP contribution in [0.5, 0.6) is 0 Å². The lowest BCUT2D eigenvalue weighted by Gasteiger charge is -2.20. The molecule has 30 heavy (non-hydrogen) atoms. The van der Waals surface area contributed by atoms with Crippen molar-refractivity contribution in [2.45, 2.75) is 46.6 Å². The molecule has 0 fully saturated rings. The Morgan fingerprint density at radius 3 is 2.60 bits per heavy atom. The number of rotatable bonds is 4. The van der Waals surface area contributed by atoms with Crippen LogP contribution in [0.2, 0.25) is 0 Å². The third-order valence-corrected chi connectivity index (χ3v) is 6.60. The molecule has 0 radical (unpaired) electrons. The molecule has 3 aromatic rings. The van der Waals surface area contributed by atoms with E-state index >= 15 is 0 Å². The van der Waals surface area contributed by atoms with E-state index in [9.17, 15) is 9.18 Å². The summed E-state index contributed by atoms with van der Waals surface area (Å²) in [7, 11) is 0. The maximum Gasteiger partial charge on any atom is 0.244 e. The van der Waals surface area contributed by atoms with E-state index in [-0.39, 0.29) is 18.3 Å². The lowest BCUT2D eigenvalue weighted by molar-refractivity contribution is -0.132. The van der Waals surface area contributed by atoms with Crippen LogP contribution in [-0.2, 0) is 30.6 Å². The third kappa shape index (κ3) is 3.96. The van der Waals surface area contributed by atoms with Gasteiger partial charge < -0.3 is 10.6 Å². The largest absolute Gasteiger partial charge is 0.375 e. The number of fused-ring (bicyclic) bond motifs is 1. The fourth-order valence-electron chi connectivity index (χ4n) is 3.97. The van der Waals surface area contributed by atoms with Gasteiger partial charge in [0, 0.05) is 42.1 Å². The van der Waals surface area contributed by atoms with Gasteiger partial charge in [-0.2, -0.15) is 5.10 Å². The maximum absolute atomic E-state index is 14.0. The molecule has 1 amide bonds. The number of amides is 1. The van der Waals surface area contributed by atoms with Gasteiger partial charge in [-0.15, -0.1) is 11.3 Å². The molecule has 0 saturated carbocycles. The molecule has 2 aromatic heterocycles. The van der Waals surface area contributed by atoms with Gasteiger partial charge in [0.15, 0.2) is 5.13 Å². The Bertz CT molecular complexity index is 1050. The van der Waals surface area contributed by atoms with E-state index in [4.69, 9.17) is 5.73 Å². The molecule has 0 saturated heterocycles. The summed E-state index contributed by atoms with van der Waals surface area (Å²) in [6.07, 6.45) is 2.28. The van der Waals surface area contributed by atoms with Crippen LogP contribution in [0.1, 0.15) is 34.3 Å². The van der Waals surface area contributed by atoms with Gasteiger partial charge in [-0.3, -0.25) is 9.48 Å². The van der Waals surface area contributed by atoms with E-state index in [1.165, 1.54) is 16.2 Å². The molecule has 8 heteroatoms. The standard InChI is InChI=1S/C22H26FN5OS/c1-4-16-11-18(15-9-13(2)21(23)14(3)10-15)26-28(16)12-20(29)27-7-5-17-19(6-8-27)30-22(24)25-17/h9-11H,4-8,12H2,1-3H3,(H2,24,25). The number of hydrogen-bond acceptors (Lipinski definition) is 5. The normalized spacial score (nSPS) is 13.9. The first-order chi connectivity index (χ1) is 14.4. The van der Waals surface area contributed by atoms with Gasteiger partial charge in [0.25, 0.3) is 0 Å². The van der Waals surface area contributed by atoms with Crippen molar-refractivity contribution in [3.63, 3.8) is 0 Å². The zero-order chi connectivity index (χ0) is 21.4. The Morgan fingerprint density at radius 2 is 1.90 bits per heavy atom. The van der Waals surface area contributed by atoms with E-state index in [0.29, 0.717) is 29.3 Å². The number of nitrogens with zero attached hydrogens (tertiary/aromatic N) is 4. The fourth-order valence-corrected chi connectivity index (χ4v) is 4.84. The average Bonchev–Trinajstić information content (AvgIpc) is 3.22. The van der Waals surface area contributed by atoms with Gasteiger partial charge in [0.05, 0.1) is 11.4 Å². The van der Waals surface area contributed by atoms with Gasteiger partial charge in [-0.1, -0.05) is 6.92 Å². The van der Waals surface area contributed by atoms with Crippen molar-refractivity contribution in [2.24, 2.45) is 0 Å². The van der Waals surface area contributed by atoms with Crippen LogP contribution in [0, 0.1) is 19.7 Å². The summed E-state index contributed by atoms with van der Waals surface area (Å²) in [4.78, 5) is 20.5. The van der Waals surface area contributed by atoms with E-state index in [0.717, 1.165) is 41.9 Å². The topological polar surface area (TPSA) is 77.0 Å². The number of hydrogen-bond donors (Lipinski definition) is 1. The summed E-state index contributed by atoms with van der Waals surface area (Å²) in [6, 6.07) is 5.61. The molecule has 0 spiro atoms. The zero-order valence-corrected chi connectivity index (χ0v) is 18.4. The molecule has 4 rings (SSSR count). The van der Waals surface area contributed by atoms with Crippen LogP contribution >= 0.6 is 11.3 Å². The molecule has 0 aliphatic carbocycles. The van der Waals surface area contributed by atoms with E-state index in [2.05, 4.69) is 10.1 Å². The second-order valence-electron chi connectivity index (χ2n) is 7.76. The number of aromatic nitrogens is 3. The monoisotopic (exact) mass is 427 g/mol. The minimum Gasteiger partial charge on any atom is -0.375 e. The molecule has 6 nitrogen and oxygen atoms in total. The van der Waals surface area contributed by atoms with Crippen molar-refractivity contribution in [1.82, 2.24) is 19.7 Å². The summed E-state index contributed by atoms with van der Waals surface area (Å²) in [5.41, 5.74) is 10.6. The molecule has 1 aliphatic heterocycles. The first-order valence-electron chi connectivity index (χ1n) is 10.2. The molecule has 0 unspecified atom stereocenters. The van der Waals surface area contributed by atoms with Gasteiger partial charge in [0.1, 0.15) is 12.4 Å². The lowest BCUT2D eigenvalue weighted by Crippen LogP contribution is -2.36. The number of thiazole rings is 1. The molecule has 3 heterocycles. The zero-order valence-electron chi connectivity index (χ0n) is 17.5. The van der Waals surface area contributed by atoms with Crippen LogP contribution < -0.4 is 5.73 Å². The van der Waals surface area contributed by atoms with Crippen LogP contribution in [0.3, 0.4) is 0 Å². The second-order valence-corrected chi connectivity index (χ2v) is 8.87. The molecular weight excluding hydrogens is 401 g/mol. The highest BCUT2D eigenvalue weighted by molar-refractivity contribution is 7.15. The number of nitrogens with two attached hydrogens (primary N) is 1. The highest BCUT2D eigenvalue weighted by Crippen LogP contribution is 2.26. The van der Waals surface area contributed by atoms with Crippen LogP contribution in [0.15, 0.2) is 18.2 Å². The van der Waals surface area contributed by atoms with Crippen molar-refractivity contribution >= 4 is 22.4 Å². The van der Waals surface area contributed by atoms with E-state index in [1.807, 2.05) is 30.0 Å². The van der Waals surface area contributed by atoms with Crippen molar-refractivity contribution in [3.05, 3.63) is 51.4 Å². The van der Waals surface area contributed by atoms with Gasteiger partial charge in [0.2, 0.25) is 5.91 Å². The minimum atomic E-state index is -0.185.